The van der Waals surface area contributed by atoms with Crippen molar-refractivity contribution in [3.05, 3.63) is 28.5 Å². The number of halogens is 2. The molecule has 1 unspecified atom stereocenters. The molecule has 20 heavy (non-hydrogen) atoms. The van der Waals surface area contributed by atoms with Crippen LogP contribution in [-0.4, -0.2) is 38.5 Å². The first-order valence-corrected chi connectivity index (χ1v) is 8.55. The average Bonchev–Trinajstić information content (AvgIpc) is 2.67. The summed E-state index contributed by atoms with van der Waals surface area (Å²) in [5.41, 5.74) is 0. The van der Waals surface area contributed by atoms with E-state index in [4.69, 9.17) is 4.74 Å². The molecule has 1 aromatic carbocycles. The van der Waals surface area contributed by atoms with Crippen LogP contribution in [-0.2, 0) is 14.6 Å². The number of rotatable bonds is 4. The highest BCUT2D eigenvalue weighted by molar-refractivity contribution is 9.10. The Kier molecular flexibility index (Phi) is 4.64. The number of carbonyl (C=O) groups excluding carboxylic acids is 1. The third-order valence-electron chi connectivity index (χ3n) is 2.85. The van der Waals surface area contributed by atoms with Gasteiger partial charge in [-0.3, -0.25) is 4.79 Å². The average molecular weight is 366 g/mol. The van der Waals surface area contributed by atoms with Gasteiger partial charge in [0.15, 0.2) is 28.0 Å². The van der Waals surface area contributed by atoms with E-state index in [0.717, 1.165) is 0 Å². The van der Waals surface area contributed by atoms with E-state index in [0.29, 0.717) is 10.9 Å². The molecule has 5 nitrogen and oxygen atoms in total. The zero-order valence-corrected chi connectivity index (χ0v) is 12.8. The van der Waals surface area contributed by atoms with Crippen molar-refractivity contribution in [2.24, 2.45) is 0 Å². The molecule has 1 fully saturated rings. The van der Waals surface area contributed by atoms with Gasteiger partial charge in [0, 0.05) is 10.5 Å². The SMILES string of the molecule is O=C(COc1ccc(Br)cc1F)NC1CCS(=O)(=O)C1. The summed E-state index contributed by atoms with van der Waals surface area (Å²) in [6.07, 6.45) is 0.403. The van der Waals surface area contributed by atoms with Crippen molar-refractivity contribution >= 4 is 31.7 Å². The second-order valence-corrected chi connectivity index (χ2v) is 7.68. The van der Waals surface area contributed by atoms with E-state index in [1.807, 2.05) is 0 Å². The molecule has 8 heteroatoms. The molecule has 1 aliphatic heterocycles. The Morgan fingerprint density at radius 2 is 2.25 bits per heavy atom. The summed E-state index contributed by atoms with van der Waals surface area (Å²) < 4.78 is 41.6. The number of carbonyl (C=O) groups is 1. The highest BCUT2D eigenvalue weighted by Gasteiger charge is 2.28. The molecule has 1 aliphatic rings. The van der Waals surface area contributed by atoms with Crippen molar-refractivity contribution in [2.45, 2.75) is 12.5 Å². The summed E-state index contributed by atoms with van der Waals surface area (Å²) in [5, 5.41) is 2.56. The van der Waals surface area contributed by atoms with Crippen molar-refractivity contribution in [3.63, 3.8) is 0 Å². The Labute approximate surface area is 124 Å². The Morgan fingerprint density at radius 3 is 2.85 bits per heavy atom. The number of ether oxygens (including phenoxy) is 1. The van der Waals surface area contributed by atoms with Gasteiger partial charge in [0.05, 0.1) is 11.5 Å². The lowest BCUT2D eigenvalue weighted by Gasteiger charge is -2.12. The molecule has 1 amide bonds. The molecule has 0 radical (unpaired) electrons. The topological polar surface area (TPSA) is 72.5 Å². The fraction of sp³-hybridized carbons (Fsp3) is 0.417. The molecule has 1 aromatic rings. The molecule has 1 saturated heterocycles. The predicted octanol–water partition coefficient (Wildman–Crippen LogP) is 1.27. The van der Waals surface area contributed by atoms with E-state index >= 15 is 0 Å². The number of nitrogens with one attached hydrogen (secondary N) is 1. The fourth-order valence-electron chi connectivity index (χ4n) is 1.91. The van der Waals surface area contributed by atoms with E-state index in [9.17, 15) is 17.6 Å². The summed E-state index contributed by atoms with van der Waals surface area (Å²) in [4.78, 5) is 11.6. The van der Waals surface area contributed by atoms with E-state index < -0.39 is 21.6 Å². The first-order chi connectivity index (χ1) is 9.35. The van der Waals surface area contributed by atoms with Gasteiger partial charge in [0.1, 0.15) is 0 Å². The van der Waals surface area contributed by atoms with Gasteiger partial charge in [-0.25, -0.2) is 12.8 Å². The molecular formula is C12H13BrFNO4S. The van der Waals surface area contributed by atoms with Crippen LogP contribution in [0.15, 0.2) is 22.7 Å². The van der Waals surface area contributed by atoms with Gasteiger partial charge in [-0.2, -0.15) is 0 Å². The number of hydrogen-bond acceptors (Lipinski definition) is 4. The monoisotopic (exact) mass is 365 g/mol. The van der Waals surface area contributed by atoms with E-state index in [1.165, 1.54) is 12.1 Å². The Morgan fingerprint density at radius 1 is 1.50 bits per heavy atom. The second-order valence-electron chi connectivity index (χ2n) is 4.53. The van der Waals surface area contributed by atoms with Gasteiger partial charge < -0.3 is 10.1 Å². The normalized spacial score (nSPS) is 20.6. The summed E-state index contributed by atoms with van der Waals surface area (Å²) in [5.74, 6) is -1.03. The zero-order chi connectivity index (χ0) is 14.8. The van der Waals surface area contributed by atoms with Gasteiger partial charge in [-0.1, -0.05) is 15.9 Å². The van der Waals surface area contributed by atoms with Crippen LogP contribution in [0.5, 0.6) is 5.75 Å². The highest BCUT2D eigenvalue weighted by atomic mass is 79.9. The Balaban J connectivity index is 1.84. The van der Waals surface area contributed by atoms with Crippen LogP contribution in [0.3, 0.4) is 0 Å². The standard InChI is InChI=1S/C12H13BrFNO4S/c13-8-1-2-11(10(14)5-8)19-6-12(16)15-9-3-4-20(17,18)7-9/h1-2,5,9H,3-4,6-7H2,(H,15,16). The van der Waals surface area contributed by atoms with Crippen LogP contribution in [0.1, 0.15) is 6.42 Å². The van der Waals surface area contributed by atoms with Crippen molar-refractivity contribution in [3.8, 4) is 5.75 Å². The molecule has 0 aliphatic carbocycles. The smallest absolute Gasteiger partial charge is 0.258 e. The minimum absolute atomic E-state index is 0.0256. The minimum Gasteiger partial charge on any atom is -0.481 e. The largest absolute Gasteiger partial charge is 0.481 e. The molecule has 0 spiro atoms. The third kappa shape index (κ3) is 4.17. The summed E-state index contributed by atoms with van der Waals surface area (Å²) in [7, 11) is -3.04. The number of amides is 1. The highest BCUT2D eigenvalue weighted by Crippen LogP contribution is 2.21. The van der Waals surface area contributed by atoms with E-state index in [-0.39, 0.29) is 29.9 Å². The Bertz CT molecular complexity index is 620. The molecule has 1 heterocycles. The second kappa shape index (κ2) is 6.09. The number of sulfone groups is 1. The van der Waals surface area contributed by atoms with Crippen LogP contribution in [0.4, 0.5) is 4.39 Å². The number of hydrogen-bond donors (Lipinski definition) is 1. The maximum atomic E-state index is 13.4. The van der Waals surface area contributed by atoms with Crippen LogP contribution >= 0.6 is 15.9 Å². The predicted molar refractivity (Wildman–Crippen MR) is 74.8 cm³/mol. The van der Waals surface area contributed by atoms with Crippen LogP contribution in [0.25, 0.3) is 0 Å². The van der Waals surface area contributed by atoms with Gasteiger partial charge in [-0.15, -0.1) is 0 Å². The summed E-state index contributed by atoms with van der Waals surface area (Å²) in [6, 6.07) is 3.86. The lowest BCUT2D eigenvalue weighted by Crippen LogP contribution is -2.38. The molecule has 2 rings (SSSR count). The van der Waals surface area contributed by atoms with Gasteiger partial charge in [0.25, 0.3) is 5.91 Å². The maximum absolute atomic E-state index is 13.4. The molecule has 0 saturated carbocycles. The van der Waals surface area contributed by atoms with Gasteiger partial charge >= 0.3 is 0 Å². The van der Waals surface area contributed by atoms with Crippen molar-refractivity contribution in [2.75, 3.05) is 18.1 Å². The lowest BCUT2D eigenvalue weighted by atomic mass is 10.2. The first kappa shape index (κ1) is 15.2. The minimum atomic E-state index is -3.04. The maximum Gasteiger partial charge on any atom is 0.258 e. The van der Waals surface area contributed by atoms with Crippen molar-refractivity contribution in [1.82, 2.24) is 5.32 Å². The van der Waals surface area contributed by atoms with Crippen molar-refractivity contribution in [1.29, 1.82) is 0 Å². The molecule has 0 bridgehead atoms. The van der Waals surface area contributed by atoms with Crippen LogP contribution in [0, 0.1) is 5.82 Å². The van der Waals surface area contributed by atoms with E-state index in [2.05, 4.69) is 21.2 Å². The van der Waals surface area contributed by atoms with Gasteiger partial charge in [0.2, 0.25) is 0 Å². The van der Waals surface area contributed by atoms with Gasteiger partial charge in [-0.05, 0) is 24.6 Å². The summed E-state index contributed by atoms with van der Waals surface area (Å²) >= 11 is 3.11. The quantitative estimate of drug-likeness (QED) is 0.871. The lowest BCUT2D eigenvalue weighted by molar-refractivity contribution is -0.123. The molecular weight excluding hydrogens is 353 g/mol. The number of benzene rings is 1. The molecule has 0 aromatic heterocycles. The van der Waals surface area contributed by atoms with E-state index in [1.54, 1.807) is 6.07 Å². The Hall–Kier alpha value is -1.15. The molecule has 110 valence electrons. The molecule has 1 atom stereocenters. The van der Waals surface area contributed by atoms with Crippen LogP contribution < -0.4 is 10.1 Å². The van der Waals surface area contributed by atoms with Crippen molar-refractivity contribution < 1.29 is 22.3 Å². The zero-order valence-electron chi connectivity index (χ0n) is 10.4. The first-order valence-electron chi connectivity index (χ1n) is 5.93. The molecule has 1 N–H and O–H groups in total. The fourth-order valence-corrected chi connectivity index (χ4v) is 3.92. The van der Waals surface area contributed by atoms with Crippen LogP contribution in [0.2, 0.25) is 0 Å². The summed E-state index contributed by atoms with van der Waals surface area (Å²) in [6.45, 7) is -0.352. The third-order valence-corrected chi connectivity index (χ3v) is 5.11.